The fourth-order valence-electron chi connectivity index (χ4n) is 3.96. The zero-order chi connectivity index (χ0) is 22.8. The number of aliphatic hydroxyl groups is 1. The molecule has 1 saturated heterocycles. The van der Waals surface area contributed by atoms with E-state index in [9.17, 15) is 14.3 Å². The molecule has 4 rings (SSSR count). The minimum absolute atomic E-state index is 0.0864. The molecule has 2 heterocycles. The molecule has 0 radical (unpaired) electrons. The molecule has 2 aromatic carbocycles. The first-order valence-corrected chi connectivity index (χ1v) is 10.4. The van der Waals surface area contributed by atoms with Crippen molar-refractivity contribution >= 4 is 11.6 Å². The van der Waals surface area contributed by atoms with Crippen molar-refractivity contribution in [1.82, 2.24) is 9.55 Å². The van der Waals surface area contributed by atoms with Gasteiger partial charge >= 0.3 is 0 Å². The normalized spacial score (nSPS) is 14.4. The summed E-state index contributed by atoms with van der Waals surface area (Å²) in [5.74, 6) is -0.158. The summed E-state index contributed by atoms with van der Waals surface area (Å²) in [4.78, 5) is 23.6. The van der Waals surface area contributed by atoms with Crippen molar-refractivity contribution in [2.75, 3.05) is 18.0 Å². The molecule has 0 amide bonds. The summed E-state index contributed by atoms with van der Waals surface area (Å²) in [5, 5.41) is 9.35. The molecule has 0 saturated carbocycles. The molecule has 1 aromatic heterocycles. The van der Waals surface area contributed by atoms with Gasteiger partial charge in [-0.15, -0.1) is 0 Å². The van der Waals surface area contributed by atoms with E-state index in [0.29, 0.717) is 47.0 Å². The van der Waals surface area contributed by atoms with Crippen LogP contribution in [0.2, 0.25) is 0 Å². The van der Waals surface area contributed by atoms with E-state index in [0.717, 1.165) is 12.8 Å². The van der Waals surface area contributed by atoms with Crippen LogP contribution in [-0.4, -0.2) is 33.8 Å². The smallest absolute Gasteiger partial charge is 0.263 e. The highest BCUT2D eigenvalue weighted by atomic mass is 19.1. The summed E-state index contributed by atoms with van der Waals surface area (Å²) in [6.07, 6.45) is 1.59. The average Bonchev–Trinajstić information content (AvgIpc) is 2.81. The number of hydrogen-bond donors (Lipinski definition) is 2. The standard InChI is InChI=1S/C24H24FN5O2/c1-27-20-8-7-17(13-19(20)25)22-21(16-5-3-15(14-31)4-6-16)23(32)29(2)24(28-22)30-11-9-18(26)10-12-30/h3-8,13,18,31H,9-12,14,26H2,2H3. The van der Waals surface area contributed by atoms with Gasteiger partial charge in [0.15, 0.2) is 0 Å². The lowest BCUT2D eigenvalue weighted by atomic mass is 9.99. The van der Waals surface area contributed by atoms with Gasteiger partial charge in [0, 0.05) is 31.7 Å². The van der Waals surface area contributed by atoms with Crippen molar-refractivity contribution in [1.29, 1.82) is 0 Å². The number of benzene rings is 2. The van der Waals surface area contributed by atoms with Crippen LogP contribution in [0.1, 0.15) is 18.4 Å². The van der Waals surface area contributed by atoms with Gasteiger partial charge in [0.2, 0.25) is 11.6 Å². The second-order valence-electron chi connectivity index (χ2n) is 7.96. The highest BCUT2D eigenvalue weighted by molar-refractivity contribution is 5.81. The van der Waals surface area contributed by atoms with E-state index >= 15 is 0 Å². The van der Waals surface area contributed by atoms with Crippen LogP contribution in [0.15, 0.2) is 47.3 Å². The number of aromatic nitrogens is 2. The predicted molar refractivity (Wildman–Crippen MR) is 122 cm³/mol. The SMILES string of the molecule is [C-]#[N+]c1ccc(-c2nc(N3CCC(N)CC3)n(C)c(=O)c2-c2ccc(CO)cc2)cc1F. The molecule has 7 nitrogen and oxygen atoms in total. The Balaban J connectivity index is 1.93. The summed E-state index contributed by atoms with van der Waals surface area (Å²) in [6, 6.07) is 11.4. The van der Waals surface area contributed by atoms with E-state index < -0.39 is 5.82 Å². The molecule has 0 aliphatic carbocycles. The summed E-state index contributed by atoms with van der Waals surface area (Å²) in [6.45, 7) is 8.35. The number of nitrogens with two attached hydrogens (primary N) is 1. The van der Waals surface area contributed by atoms with Crippen molar-refractivity contribution in [3.05, 3.63) is 75.6 Å². The van der Waals surface area contributed by atoms with Gasteiger partial charge in [-0.2, -0.15) is 0 Å². The molecule has 1 aliphatic heterocycles. The Morgan fingerprint density at radius 2 is 1.84 bits per heavy atom. The molecule has 0 atom stereocenters. The Morgan fingerprint density at radius 1 is 1.19 bits per heavy atom. The third-order valence-electron chi connectivity index (χ3n) is 5.86. The summed E-state index contributed by atoms with van der Waals surface area (Å²) in [7, 11) is 1.68. The lowest BCUT2D eigenvalue weighted by Crippen LogP contribution is -2.42. The zero-order valence-corrected chi connectivity index (χ0v) is 17.8. The second kappa shape index (κ2) is 8.91. The van der Waals surface area contributed by atoms with Gasteiger partial charge in [0.05, 0.1) is 24.4 Å². The van der Waals surface area contributed by atoms with Gasteiger partial charge in [-0.05, 0) is 30.0 Å². The zero-order valence-electron chi connectivity index (χ0n) is 17.8. The van der Waals surface area contributed by atoms with Gasteiger partial charge in [0.1, 0.15) is 5.82 Å². The van der Waals surface area contributed by atoms with Crippen molar-refractivity contribution in [2.45, 2.75) is 25.5 Å². The van der Waals surface area contributed by atoms with Crippen LogP contribution in [0.4, 0.5) is 16.0 Å². The van der Waals surface area contributed by atoms with Crippen LogP contribution in [-0.2, 0) is 13.7 Å². The van der Waals surface area contributed by atoms with Crippen molar-refractivity contribution < 1.29 is 9.50 Å². The molecule has 0 bridgehead atoms. The van der Waals surface area contributed by atoms with Crippen LogP contribution < -0.4 is 16.2 Å². The number of rotatable bonds is 4. The maximum atomic E-state index is 14.5. The van der Waals surface area contributed by atoms with Crippen molar-refractivity contribution in [3.63, 3.8) is 0 Å². The third kappa shape index (κ3) is 4.00. The fraction of sp³-hybridized carbons (Fsp3) is 0.292. The Kier molecular flexibility index (Phi) is 6.04. The maximum Gasteiger partial charge on any atom is 0.263 e. The van der Waals surface area contributed by atoms with E-state index in [1.165, 1.54) is 16.7 Å². The van der Waals surface area contributed by atoms with E-state index in [4.69, 9.17) is 17.3 Å². The Hall–Kier alpha value is -3.54. The van der Waals surface area contributed by atoms with Crippen LogP contribution >= 0.6 is 0 Å². The summed E-state index contributed by atoms with van der Waals surface area (Å²) in [5.41, 5.74) is 8.13. The van der Waals surface area contributed by atoms with Gasteiger partial charge < -0.3 is 15.7 Å². The highest BCUT2D eigenvalue weighted by Gasteiger charge is 2.24. The van der Waals surface area contributed by atoms with Crippen molar-refractivity contribution in [2.24, 2.45) is 12.8 Å². The Bertz CT molecular complexity index is 1240. The van der Waals surface area contributed by atoms with E-state index in [2.05, 4.69) is 4.85 Å². The third-order valence-corrected chi connectivity index (χ3v) is 5.86. The predicted octanol–water partition coefficient (Wildman–Crippen LogP) is 3.22. The first-order chi connectivity index (χ1) is 15.4. The van der Waals surface area contributed by atoms with Gasteiger partial charge in [-0.25, -0.2) is 14.2 Å². The van der Waals surface area contributed by atoms with Gasteiger partial charge in [-0.3, -0.25) is 9.36 Å². The van der Waals surface area contributed by atoms with Crippen LogP contribution in [0.3, 0.4) is 0 Å². The molecule has 8 heteroatoms. The highest BCUT2D eigenvalue weighted by Crippen LogP contribution is 2.32. The molecule has 32 heavy (non-hydrogen) atoms. The first kappa shape index (κ1) is 21.7. The second-order valence-corrected chi connectivity index (χ2v) is 7.96. The number of hydrogen-bond acceptors (Lipinski definition) is 5. The topological polar surface area (TPSA) is 88.7 Å². The van der Waals surface area contributed by atoms with Crippen LogP contribution in [0, 0.1) is 12.4 Å². The molecule has 0 unspecified atom stereocenters. The lowest BCUT2D eigenvalue weighted by Gasteiger charge is -2.32. The molecule has 0 spiro atoms. The Labute approximate surface area is 185 Å². The maximum absolute atomic E-state index is 14.5. The first-order valence-electron chi connectivity index (χ1n) is 10.4. The van der Waals surface area contributed by atoms with Crippen molar-refractivity contribution in [3.8, 4) is 22.4 Å². The molecule has 1 aliphatic rings. The monoisotopic (exact) mass is 433 g/mol. The fourth-order valence-corrected chi connectivity index (χ4v) is 3.96. The van der Waals surface area contributed by atoms with Crippen LogP contribution in [0.25, 0.3) is 27.2 Å². The molecular formula is C24H24FN5O2. The Morgan fingerprint density at radius 3 is 2.44 bits per heavy atom. The number of halogens is 1. The molecule has 3 aromatic rings. The van der Waals surface area contributed by atoms with E-state index in [1.807, 2.05) is 4.90 Å². The summed E-state index contributed by atoms with van der Waals surface area (Å²) < 4.78 is 16.0. The molecular weight excluding hydrogens is 409 g/mol. The van der Waals surface area contributed by atoms with E-state index in [-0.39, 0.29) is 23.9 Å². The minimum Gasteiger partial charge on any atom is -0.392 e. The van der Waals surface area contributed by atoms with Gasteiger partial charge in [0.25, 0.3) is 5.56 Å². The van der Waals surface area contributed by atoms with Crippen LogP contribution in [0.5, 0.6) is 0 Å². The molecule has 3 N–H and O–H groups in total. The number of piperidine rings is 1. The van der Waals surface area contributed by atoms with Gasteiger partial charge in [-0.1, -0.05) is 36.4 Å². The lowest BCUT2D eigenvalue weighted by molar-refractivity contribution is 0.282. The summed E-state index contributed by atoms with van der Waals surface area (Å²) >= 11 is 0. The number of anilines is 1. The number of aliphatic hydroxyl groups excluding tert-OH is 1. The van der Waals surface area contributed by atoms with E-state index in [1.54, 1.807) is 37.4 Å². The quantitative estimate of drug-likeness (QED) is 0.617. The largest absolute Gasteiger partial charge is 0.392 e. The molecule has 164 valence electrons. The average molecular weight is 433 g/mol. The molecule has 1 fully saturated rings. The minimum atomic E-state index is -0.660. The number of nitrogens with zero attached hydrogens (tertiary/aromatic N) is 4.